The van der Waals surface area contributed by atoms with Gasteiger partial charge in [-0.05, 0) is 95.3 Å². The lowest BCUT2D eigenvalue weighted by Gasteiger charge is -2.35. The van der Waals surface area contributed by atoms with Crippen LogP contribution in [0.25, 0.3) is 0 Å². The van der Waals surface area contributed by atoms with Crippen LogP contribution in [0, 0.1) is 0 Å². The second kappa shape index (κ2) is 9.28. The summed E-state index contributed by atoms with van der Waals surface area (Å²) in [6.45, 7) is 13.5. The number of aliphatic hydroxyl groups excluding tert-OH is 1. The van der Waals surface area contributed by atoms with E-state index >= 15 is 0 Å². The van der Waals surface area contributed by atoms with Gasteiger partial charge in [-0.3, -0.25) is 4.90 Å². The van der Waals surface area contributed by atoms with Gasteiger partial charge in [0.2, 0.25) is 0 Å². The monoisotopic (exact) mass is 475 g/mol. The highest BCUT2D eigenvalue weighted by molar-refractivity contribution is 7.90. The molecule has 1 aliphatic rings. The van der Waals surface area contributed by atoms with Crippen LogP contribution in [0.5, 0.6) is 11.5 Å². The molecule has 6 nitrogen and oxygen atoms in total. The Morgan fingerprint density at radius 2 is 1.67 bits per heavy atom. The number of hydrogen-bond acceptors (Lipinski definition) is 6. The highest BCUT2D eigenvalue weighted by atomic mass is 32.2. The van der Waals surface area contributed by atoms with Gasteiger partial charge in [-0.25, -0.2) is 8.42 Å². The van der Waals surface area contributed by atoms with Gasteiger partial charge in [-0.15, -0.1) is 0 Å². The summed E-state index contributed by atoms with van der Waals surface area (Å²) < 4.78 is 35.5. The van der Waals surface area contributed by atoms with Gasteiger partial charge in [0.25, 0.3) is 0 Å². The molecule has 0 aromatic heterocycles. The lowest BCUT2D eigenvalue weighted by molar-refractivity contribution is -0.00505. The van der Waals surface area contributed by atoms with Crippen LogP contribution in [-0.2, 0) is 29.3 Å². The van der Waals surface area contributed by atoms with Crippen molar-refractivity contribution in [2.45, 2.75) is 89.8 Å². The number of fused-ring (bicyclic) bond motifs is 1. The van der Waals surface area contributed by atoms with Crippen molar-refractivity contribution in [3.63, 3.8) is 0 Å². The summed E-state index contributed by atoms with van der Waals surface area (Å²) >= 11 is 0. The van der Waals surface area contributed by atoms with Crippen LogP contribution in [0.3, 0.4) is 0 Å². The van der Waals surface area contributed by atoms with Crippen molar-refractivity contribution >= 4 is 9.84 Å². The quantitative estimate of drug-likeness (QED) is 0.557. The van der Waals surface area contributed by atoms with E-state index in [1.54, 1.807) is 13.0 Å². The van der Waals surface area contributed by atoms with Crippen molar-refractivity contribution in [2.75, 3.05) is 6.26 Å². The Kier molecular flexibility index (Phi) is 7.18. The molecule has 0 aliphatic carbocycles. The van der Waals surface area contributed by atoms with Gasteiger partial charge in [-0.2, -0.15) is 0 Å². The first-order chi connectivity index (χ1) is 15.1. The smallest absolute Gasteiger partial charge is 0.194 e. The average Bonchev–Trinajstić information content (AvgIpc) is 3.10. The van der Waals surface area contributed by atoms with Crippen molar-refractivity contribution < 1.29 is 23.0 Å². The fraction of sp³-hybridized carbons (Fsp3) is 0.538. The third kappa shape index (κ3) is 6.71. The highest BCUT2D eigenvalue weighted by Crippen LogP contribution is 2.35. The summed E-state index contributed by atoms with van der Waals surface area (Å²) in [6.07, 6.45) is 2.10. The SMILES string of the molecule is CC(O)Oc1ccc(CCC(C)(C)N2Cc3ccc(S(C)(=O)=O)cc3C2)cc1OC(C)(C)C. The summed E-state index contributed by atoms with van der Waals surface area (Å²) in [5, 5.41) is 9.65. The van der Waals surface area contributed by atoms with E-state index in [-0.39, 0.29) is 11.1 Å². The first-order valence-electron chi connectivity index (χ1n) is 11.4. The molecular weight excluding hydrogens is 438 g/mol. The number of rotatable bonds is 8. The molecule has 0 radical (unpaired) electrons. The molecule has 0 fully saturated rings. The second-order valence-electron chi connectivity index (χ2n) is 10.6. The third-order valence-corrected chi connectivity index (χ3v) is 7.04. The molecule has 0 saturated heterocycles. The molecule has 1 atom stereocenters. The van der Waals surface area contributed by atoms with Gasteiger partial charge in [0.05, 0.1) is 4.90 Å². The largest absolute Gasteiger partial charge is 0.484 e. The maximum Gasteiger partial charge on any atom is 0.194 e. The van der Waals surface area contributed by atoms with E-state index in [9.17, 15) is 13.5 Å². The number of benzene rings is 2. The van der Waals surface area contributed by atoms with Gasteiger partial charge >= 0.3 is 0 Å². The summed E-state index contributed by atoms with van der Waals surface area (Å²) in [5.74, 6) is 1.15. The van der Waals surface area contributed by atoms with Crippen molar-refractivity contribution in [1.29, 1.82) is 0 Å². The molecular formula is C26H37NO5S. The van der Waals surface area contributed by atoms with Gasteiger partial charge in [0, 0.05) is 24.9 Å². The number of aryl methyl sites for hydroxylation is 1. The Hall–Kier alpha value is -2.09. The van der Waals surface area contributed by atoms with Crippen molar-refractivity contribution in [1.82, 2.24) is 4.90 Å². The van der Waals surface area contributed by atoms with E-state index in [4.69, 9.17) is 9.47 Å². The third-order valence-electron chi connectivity index (χ3n) is 5.93. The van der Waals surface area contributed by atoms with Crippen LogP contribution in [0.2, 0.25) is 0 Å². The Morgan fingerprint density at radius 3 is 2.27 bits per heavy atom. The molecule has 2 aromatic rings. The predicted molar refractivity (Wildman–Crippen MR) is 130 cm³/mol. The average molecular weight is 476 g/mol. The van der Waals surface area contributed by atoms with Gasteiger partial charge < -0.3 is 14.6 Å². The number of ether oxygens (including phenoxy) is 2. The Bertz CT molecular complexity index is 1100. The zero-order valence-corrected chi connectivity index (χ0v) is 21.6. The summed E-state index contributed by atoms with van der Waals surface area (Å²) in [5.41, 5.74) is 2.95. The zero-order chi connectivity index (χ0) is 24.6. The normalized spacial score (nSPS) is 15.9. The molecule has 1 unspecified atom stereocenters. The first-order valence-corrected chi connectivity index (χ1v) is 13.3. The van der Waals surface area contributed by atoms with Crippen molar-refractivity contribution in [2.24, 2.45) is 0 Å². The van der Waals surface area contributed by atoms with Crippen molar-refractivity contribution in [3.05, 3.63) is 53.1 Å². The summed E-state index contributed by atoms with van der Waals surface area (Å²) in [6, 6.07) is 11.3. The molecule has 0 spiro atoms. The maximum atomic E-state index is 11.9. The van der Waals surface area contributed by atoms with E-state index in [1.165, 1.54) is 11.8 Å². The number of nitrogens with zero attached hydrogens (tertiary/aromatic N) is 1. The van der Waals surface area contributed by atoms with Crippen molar-refractivity contribution in [3.8, 4) is 11.5 Å². The van der Waals surface area contributed by atoms with Gasteiger partial charge in [-0.1, -0.05) is 12.1 Å². The molecule has 182 valence electrons. The van der Waals surface area contributed by atoms with Gasteiger partial charge in [0.1, 0.15) is 5.60 Å². The zero-order valence-electron chi connectivity index (χ0n) is 20.8. The number of sulfone groups is 1. The van der Waals surface area contributed by atoms with Crippen LogP contribution in [0.4, 0.5) is 0 Å². The minimum atomic E-state index is -3.21. The molecule has 3 rings (SSSR count). The Balaban J connectivity index is 1.72. The highest BCUT2D eigenvalue weighted by Gasteiger charge is 2.32. The van der Waals surface area contributed by atoms with E-state index < -0.39 is 16.1 Å². The molecule has 2 aromatic carbocycles. The van der Waals surface area contributed by atoms with Crippen LogP contribution in [0.15, 0.2) is 41.3 Å². The minimum Gasteiger partial charge on any atom is -0.484 e. The molecule has 33 heavy (non-hydrogen) atoms. The Labute approximate surface area is 198 Å². The molecule has 7 heteroatoms. The summed E-state index contributed by atoms with van der Waals surface area (Å²) in [7, 11) is -3.21. The molecule has 1 heterocycles. The van der Waals surface area contributed by atoms with Crippen LogP contribution < -0.4 is 9.47 Å². The number of hydrogen-bond donors (Lipinski definition) is 1. The molecule has 0 amide bonds. The van der Waals surface area contributed by atoms with E-state index in [0.29, 0.717) is 16.4 Å². The van der Waals surface area contributed by atoms with Gasteiger partial charge in [0.15, 0.2) is 27.6 Å². The van der Waals surface area contributed by atoms with E-state index in [1.807, 2.05) is 51.1 Å². The van der Waals surface area contributed by atoms with Crippen LogP contribution in [0.1, 0.15) is 64.7 Å². The first kappa shape index (κ1) is 25.5. The summed E-state index contributed by atoms with van der Waals surface area (Å²) in [4.78, 5) is 2.79. The topological polar surface area (TPSA) is 76.1 Å². The lowest BCUT2D eigenvalue weighted by atomic mass is 9.93. The van der Waals surface area contributed by atoms with Crippen LogP contribution in [-0.4, -0.2) is 42.1 Å². The fourth-order valence-electron chi connectivity index (χ4n) is 4.04. The maximum absolute atomic E-state index is 11.9. The fourth-order valence-corrected chi connectivity index (χ4v) is 4.71. The minimum absolute atomic E-state index is 0.0793. The number of aliphatic hydroxyl groups is 1. The molecule has 1 N–H and O–H groups in total. The van der Waals surface area contributed by atoms with E-state index in [0.717, 1.165) is 37.1 Å². The standard InChI is InChI=1S/C26H37NO5S/c1-18(28)31-23-11-8-19(14-24(23)32-25(2,3)4)12-13-26(5,6)27-16-20-9-10-22(33(7,29)30)15-21(20)17-27/h8-11,14-15,18,28H,12-13,16-17H2,1-7H3. The molecule has 1 aliphatic heterocycles. The second-order valence-corrected chi connectivity index (χ2v) is 12.6. The Morgan fingerprint density at radius 1 is 1.00 bits per heavy atom. The van der Waals surface area contributed by atoms with Crippen LogP contribution >= 0.6 is 0 Å². The predicted octanol–water partition coefficient (Wildman–Crippen LogP) is 4.71. The molecule has 0 bridgehead atoms. The van der Waals surface area contributed by atoms with E-state index in [2.05, 4.69) is 18.7 Å². The molecule has 0 saturated carbocycles. The lowest BCUT2D eigenvalue weighted by Crippen LogP contribution is -2.40.